The van der Waals surface area contributed by atoms with Crippen molar-refractivity contribution in [1.82, 2.24) is 0 Å². The van der Waals surface area contributed by atoms with Gasteiger partial charge in [0.2, 0.25) is 0 Å². The third-order valence-electron chi connectivity index (χ3n) is 5.82. The van der Waals surface area contributed by atoms with Gasteiger partial charge >= 0.3 is 5.97 Å². The van der Waals surface area contributed by atoms with Crippen molar-refractivity contribution in [2.24, 2.45) is 5.92 Å². The molecule has 142 valence electrons. The van der Waals surface area contributed by atoms with Crippen LogP contribution in [0.25, 0.3) is 0 Å². The van der Waals surface area contributed by atoms with E-state index in [4.69, 9.17) is 4.74 Å². The number of carbonyl (C=O) groups is 1. The SMILES string of the molecule is O=C(O[C@@H]1CS(=O)(=O)c2ccccc2[C@H]1C1CCCCC1)c1ccccc1. The Morgan fingerprint density at radius 2 is 1.56 bits per heavy atom. The molecular weight excluding hydrogens is 360 g/mol. The monoisotopic (exact) mass is 384 g/mol. The Hall–Kier alpha value is -2.14. The van der Waals surface area contributed by atoms with Gasteiger partial charge in [0, 0.05) is 5.92 Å². The number of benzene rings is 2. The fraction of sp³-hybridized carbons (Fsp3) is 0.409. The predicted octanol–water partition coefficient (Wildman–Crippen LogP) is 4.36. The van der Waals surface area contributed by atoms with E-state index in [0.29, 0.717) is 16.4 Å². The zero-order valence-electron chi connectivity index (χ0n) is 15.2. The second-order valence-corrected chi connectivity index (χ2v) is 9.56. The van der Waals surface area contributed by atoms with Gasteiger partial charge in [0.15, 0.2) is 9.84 Å². The number of hydrogen-bond acceptors (Lipinski definition) is 4. The number of esters is 1. The standard InChI is InChI=1S/C22H24O4S/c23-22(17-11-5-2-6-12-17)26-19-15-27(24,25)20-14-8-7-13-18(20)21(19)16-9-3-1-4-10-16/h2,5-8,11-14,16,19,21H,1,3-4,9-10,15H2/t19-,21-/m1/s1. The van der Waals surface area contributed by atoms with Gasteiger partial charge < -0.3 is 4.74 Å². The summed E-state index contributed by atoms with van der Waals surface area (Å²) in [6, 6.07) is 16.0. The molecule has 4 rings (SSSR count). The Balaban J connectivity index is 1.71. The van der Waals surface area contributed by atoms with E-state index in [1.165, 1.54) is 6.42 Å². The maximum absolute atomic E-state index is 12.8. The molecule has 2 aliphatic rings. The zero-order chi connectivity index (χ0) is 18.9. The summed E-state index contributed by atoms with van der Waals surface area (Å²) in [6.07, 6.45) is 4.99. The number of sulfone groups is 1. The molecule has 0 unspecified atom stereocenters. The van der Waals surface area contributed by atoms with E-state index in [2.05, 4.69) is 0 Å². The van der Waals surface area contributed by atoms with Crippen LogP contribution in [0.4, 0.5) is 0 Å². The van der Waals surface area contributed by atoms with Gasteiger partial charge in [0.1, 0.15) is 6.10 Å². The van der Waals surface area contributed by atoms with Gasteiger partial charge in [-0.15, -0.1) is 0 Å². The fourth-order valence-electron chi connectivity index (χ4n) is 4.59. The largest absolute Gasteiger partial charge is 0.457 e. The van der Waals surface area contributed by atoms with Crippen molar-refractivity contribution in [3.8, 4) is 0 Å². The molecule has 2 atom stereocenters. The number of fused-ring (bicyclic) bond motifs is 1. The summed E-state index contributed by atoms with van der Waals surface area (Å²) in [4.78, 5) is 13.1. The molecule has 1 heterocycles. The average Bonchev–Trinajstić information content (AvgIpc) is 2.69. The van der Waals surface area contributed by atoms with Crippen LogP contribution in [-0.2, 0) is 14.6 Å². The lowest BCUT2D eigenvalue weighted by Gasteiger charge is -2.39. The molecule has 1 fully saturated rings. The fourth-order valence-corrected chi connectivity index (χ4v) is 6.32. The number of carbonyl (C=O) groups excluding carboxylic acids is 1. The first-order valence-electron chi connectivity index (χ1n) is 9.64. The second kappa shape index (κ2) is 7.47. The van der Waals surface area contributed by atoms with E-state index in [1.54, 1.807) is 36.4 Å². The normalized spacial score (nSPS) is 24.7. The summed E-state index contributed by atoms with van der Waals surface area (Å²) in [6.45, 7) is 0. The topological polar surface area (TPSA) is 60.4 Å². The Kier molecular flexibility index (Phi) is 5.04. The molecule has 0 saturated heterocycles. The minimum absolute atomic E-state index is 0.0577. The second-order valence-electron chi connectivity index (χ2n) is 7.55. The third-order valence-corrected chi connectivity index (χ3v) is 7.63. The minimum Gasteiger partial charge on any atom is -0.457 e. The van der Waals surface area contributed by atoms with Gasteiger partial charge in [-0.25, -0.2) is 13.2 Å². The molecule has 0 amide bonds. The van der Waals surface area contributed by atoms with E-state index >= 15 is 0 Å². The molecule has 1 saturated carbocycles. The first-order chi connectivity index (χ1) is 13.1. The van der Waals surface area contributed by atoms with Crippen molar-refractivity contribution in [3.63, 3.8) is 0 Å². The summed E-state index contributed by atoms with van der Waals surface area (Å²) in [7, 11) is -3.47. The Morgan fingerprint density at radius 1 is 0.889 bits per heavy atom. The van der Waals surface area contributed by atoms with Gasteiger partial charge in [0.05, 0.1) is 16.2 Å². The van der Waals surface area contributed by atoms with Crippen LogP contribution in [0.5, 0.6) is 0 Å². The Bertz CT molecular complexity index is 914. The number of rotatable bonds is 3. The van der Waals surface area contributed by atoms with Gasteiger partial charge in [-0.2, -0.15) is 0 Å². The van der Waals surface area contributed by atoms with Gasteiger partial charge in [0.25, 0.3) is 0 Å². The first-order valence-corrected chi connectivity index (χ1v) is 11.3. The number of hydrogen-bond donors (Lipinski definition) is 0. The molecule has 2 aromatic rings. The highest BCUT2D eigenvalue weighted by atomic mass is 32.2. The number of ether oxygens (including phenoxy) is 1. The van der Waals surface area contributed by atoms with Crippen molar-refractivity contribution >= 4 is 15.8 Å². The van der Waals surface area contributed by atoms with Crippen molar-refractivity contribution in [1.29, 1.82) is 0 Å². The van der Waals surface area contributed by atoms with Crippen LogP contribution in [0, 0.1) is 5.92 Å². The molecular formula is C22H24O4S. The van der Waals surface area contributed by atoms with Crippen LogP contribution in [0.3, 0.4) is 0 Å². The lowest BCUT2D eigenvalue weighted by molar-refractivity contribution is 0.0201. The molecule has 1 aliphatic heterocycles. The van der Waals surface area contributed by atoms with Crippen molar-refractivity contribution in [2.45, 2.75) is 49.0 Å². The van der Waals surface area contributed by atoms with E-state index in [1.807, 2.05) is 18.2 Å². The van der Waals surface area contributed by atoms with Gasteiger partial charge in [-0.3, -0.25) is 0 Å². The van der Waals surface area contributed by atoms with Crippen LogP contribution in [0.2, 0.25) is 0 Å². The van der Waals surface area contributed by atoms with Crippen LogP contribution in [0.1, 0.15) is 53.9 Å². The predicted molar refractivity (Wildman–Crippen MR) is 103 cm³/mol. The summed E-state index contributed by atoms with van der Waals surface area (Å²) in [5.41, 5.74) is 1.28. The molecule has 0 N–H and O–H groups in total. The molecule has 0 spiro atoms. The quantitative estimate of drug-likeness (QED) is 0.738. The van der Waals surface area contributed by atoms with E-state index in [0.717, 1.165) is 31.2 Å². The summed E-state index contributed by atoms with van der Waals surface area (Å²) in [5.74, 6) is -0.290. The summed E-state index contributed by atoms with van der Waals surface area (Å²) in [5, 5.41) is 0. The first kappa shape index (κ1) is 18.2. The van der Waals surface area contributed by atoms with Crippen LogP contribution >= 0.6 is 0 Å². The van der Waals surface area contributed by atoms with E-state index in [9.17, 15) is 13.2 Å². The molecule has 0 aromatic heterocycles. The molecule has 2 aromatic carbocycles. The highest BCUT2D eigenvalue weighted by molar-refractivity contribution is 7.91. The van der Waals surface area contributed by atoms with Crippen LogP contribution < -0.4 is 0 Å². The lowest BCUT2D eigenvalue weighted by atomic mass is 9.74. The van der Waals surface area contributed by atoms with E-state index in [-0.39, 0.29) is 11.7 Å². The van der Waals surface area contributed by atoms with Crippen molar-refractivity contribution in [3.05, 3.63) is 65.7 Å². The van der Waals surface area contributed by atoms with Gasteiger partial charge in [-0.05, 0) is 42.5 Å². The Morgan fingerprint density at radius 3 is 2.30 bits per heavy atom. The maximum Gasteiger partial charge on any atom is 0.338 e. The zero-order valence-corrected chi connectivity index (χ0v) is 16.0. The third kappa shape index (κ3) is 3.65. The summed E-state index contributed by atoms with van der Waals surface area (Å²) < 4.78 is 31.5. The molecule has 4 nitrogen and oxygen atoms in total. The molecule has 1 aliphatic carbocycles. The average molecular weight is 384 g/mol. The molecule has 0 radical (unpaired) electrons. The highest BCUT2D eigenvalue weighted by Gasteiger charge is 2.43. The minimum atomic E-state index is -3.47. The Labute approximate surface area is 160 Å². The van der Waals surface area contributed by atoms with Crippen LogP contribution in [0.15, 0.2) is 59.5 Å². The maximum atomic E-state index is 12.8. The molecule has 5 heteroatoms. The molecule has 0 bridgehead atoms. The van der Waals surface area contributed by atoms with E-state index < -0.39 is 21.9 Å². The smallest absolute Gasteiger partial charge is 0.338 e. The van der Waals surface area contributed by atoms with Gasteiger partial charge in [-0.1, -0.05) is 55.7 Å². The lowest BCUT2D eigenvalue weighted by Crippen LogP contribution is -2.41. The highest BCUT2D eigenvalue weighted by Crippen LogP contribution is 2.45. The van der Waals surface area contributed by atoms with Crippen LogP contribution in [-0.4, -0.2) is 26.2 Å². The molecule has 27 heavy (non-hydrogen) atoms. The summed E-state index contributed by atoms with van der Waals surface area (Å²) >= 11 is 0. The van der Waals surface area contributed by atoms with Crippen molar-refractivity contribution < 1.29 is 17.9 Å². The van der Waals surface area contributed by atoms with Crippen molar-refractivity contribution in [2.75, 3.05) is 5.75 Å².